The molecular weight excluding hydrogens is 400 g/mol. The molecule has 0 bridgehead atoms. The molecule has 5 unspecified atom stereocenters. The molecule has 0 aromatic rings. The molecule has 0 heterocycles. The van der Waals surface area contributed by atoms with Gasteiger partial charge in [-0.1, -0.05) is 6.42 Å². The maximum absolute atomic E-state index is 12.5. The van der Waals surface area contributed by atoms with Gasteiger partial charge in [0.15, 0.2) is 0 Å². The van der Waals surface area contributed by atoms with Crippen LogP contribution in [0.25, 0.3) is 0 Å². The first-order chi connectivity index (χ1) is 13.9. The Balaban J connectivity index is 5.19. The summed E-state index contributed by atoms with van der Waals surface area (Å²) in [7, 11) is 0. The monoisotopic (exact) mass is 432 g/mol. The van der Waals surface area contributed by atoms with Crippen LogP contribution in [0.3, 0.4) is 0 Å². The summed E-state index contributed by atoms with van der Waals surface area (Å²) in [6, 6.07) is -5.21. The van der Waals surface area contributed by atoms with Crippen molar-refractivity contribution in [1.82, 2.24) is 16.0 Å². The molecule has 11 N–H and O–H groups in total. The molecule has 0 saturated carbocycles. The molecule has 0 radical (unpaired) electrons. The Morgan fingerprint density at radius 2 is 1.53 bits per heavy atom. The number of nitrogens with two attached hydrogens (primary N) is 3. The maximum Gasteiger partial charge on any atom is 0.325 e. The Kier molecular flexibility index (Phi) is 12.2. The third-order valence-electron chi connectivity index (χ3n) is 4.14. The Morgan fingerprint density at radius 3 is 2.00 bits per heavy atom. The highest BCUT2D eigenvalue weighted by Crippen LogP contribution is 2.02. The standard InChI is InChI=1S/C17H32N6O7/c1-8(17(29)30)21-15(27)11(7-12(20)25)22-16(28)13(9(2)24)23-14(26)10(19)5-3-4-6-18/h8-11,13,24H,3-7,18-19H2,1-2H3,(H2,20,25)(H,21,27)(H,22,28)(H,23,26)(H,29,30). The van der Waals surface area contributed by atoms with E-state index in [4.69, 9.17) is 22.3 Å². The quantitative estimate of drug-likeness (QED) is 0.126. The lowest BCUT2D eigenvalue weighted by Crippen LogP contribution is -2.60. The SMILES string of the molecule is CC(NC(=O)C(CC(N)=O)NC(=O)C(NC(=O)C(N)CCCCN)C(C)O)C(=O)O. The van der Waals surface area contributed by atoms with E-state index in [-0.39, 0.29) is 0 Å². The smallest absolute Gasteiger partial charge is 0.325 e. The zero-order valence-electron chi connectivity index (χ0n) is 17.1. The third kappa shape index (κ3) is 10.1. The molecule has 0 aromatic carbocycles. The van der Waals surface area contributed by atoms with Crippen LogP contribution in [0.15, 0.2) is 0 Å². The molecule has 4 amide bonds. The molecule has 0 spiro atoms. The highest BCUT2D eigenvalue weighted by atomic mass is 16.4. The number of amides is 4. The van der Waals surface area contributed by atoms with Crippen molar-refractivity contribution in [1.29, 1.82) is 0 Å². The van der Waals surface area contributed by atoms with E-state index in [1.165, 1.54) is 13.8 Å². The molecule has 13 heteroatoms. The topological polar surface area (TPSA) is 240 Å². The van der Waals surface area contributed by atoms with Crippen LogP contribution in [0.5, 0.6) is 0 Å². The highest BCUT2D eigenvalue weighted by molar-refractivity contribution is 5.96. The summed E-state index contributed by atoms with van der Waals surface area (Å²) >= 11 is 0. The fraction of sp³-hybridized carbons (Fsp3) is 0.706. The van der Waals surface area contributed by atoms with Gasteiger partial charge in [-0.2, -0.15) is 0 Å². The van der Waals surface area contributed by atoms with Crippen molar-refractivity contribution in [2.24, 2.45) is 17.2 Å². The highest BCUT2D eigenvalue weighted by Gasteiger charge is 2.32. The van der Waals surface area contributed by atoms with E-state index in [0.717, 1.165) is 0 Å². The number of unbranched alkanes of at least 4 members (excludes halogenated alkanes) is 1. The van der Waals surface area contributed by atoms with Crippen molar-refractivity contribution in [3.05, 3.63) is 0 Å². The van der Waals surface area contributed by atoms with Gasteiger partial charge in [-0.3, -0.25) is 24.0 Å². The van der Waals surface area contributed by atoms with Gasteiger partial charge >= 0.3 is 5.97 Å². The molecule has 0 rings (SSSR count). The van der Waals surface area contributed by atoms with Gasteiger partial charge in [0.05, 0.1) is 18.6 Å². The predicted molar refractivity (Wildman–Crippen MR) is 105 cm³/mol. The Labute approximate surface area is 174 Å². The van der Waals surface area contributed by atoms with Crippen molar-refractivity contribution >= 4 is 29.6 Å². The summed E-state index contributed by atoms with van der Waals surface area (Å²) in [6.45, 7) is 2.87. The zero-order valence-corrected chi connectivity index (χ0v) is 17.1. The first kappa shape index (κ1) is 27.2. The number of carboxylic acids is 1. The van der Waals surface area contributed by atoms with Crippen LogP contribution in [0.2, 0.25) is 0 Å². The molecule has 0 aliphatic heterocycles. The fourth-order valence-electron chi connectivity index (χ4n) is 2.35. The number of carbonyl (C=O) groups excluding carboxylic acids is 4. The summed E-state index contributed by atoms with van der Waals surface area (Å²) in [6.07, 6.45) is -0.403. The molecule has 0 fully saturated rings. The number of aliphatic hydroxyl groups excluding tert-OH is 1. The Morgan fingerprint density at radius 1 is 0.933 bits per heavy atom. The van der Waals surface area contributed by atoms with E-state index < -0.39 is 66.3 Å². The molecule has 5 atom stereocenters. The molecule has 0 aliphatic rings. The number of primary amides is 1. The van der Waals surface area contributed by atoms with E-state index >= 15 is 0 Å². The minimum Gasteiger partial charge on any atom is -0.480 e. The Bertz CT molecular complexity index is 628. The fourth-order valence-corrected chi connectivity index (χ4v) is 2.35. The van der Waals surface area contributed by atoms with E-state index in [2.05, 4.69) is 16.0 Å². The third-order valence-corrected chi connectivity index (χ3v) is 4.14. The van der Waals surface area contributed by atoms with Gasteiger partial charge in [0, 0.05) is 0 Å². The maximum atomic E-state index is 12.5. The lowest BCUT2D eigenvalue weighted by atomic mass is 10.1. The molecule has 0 saturated heterocycles. The van der Waals surface area contributed by atoms with Gasteiger partial charge < -0.3 is 43.4 Å². The predicted octanol–water partition coefficient (Wildman–Crippen LogP) is -3.74. The zero-order chi connectivity index (χ0) is 23.4. The summed E-state index contributed by atoms with van der Waals surface area (Å²) < 4.78 is 0. The Hall–Kier alpha value is -2.77. The first-order valence-corrected chi connectivity index (χ1v) is 9.46. The molecular formula is C17H32N6O7. The van der Waals surface area contributed by atoms with Gasteiger partial charge in [0.25, 0.3) is 0 Å². The van der Waals surface area contributed by atoms with Gasteiger partial charge in [0.2, 0.25) is 23.6 Å². The number of aliphatic carboxylic acids is 1. The largest absolute Gasteiger partial charge is 0.480 e. The second kappa shape index (κ2) is 13.5. The minimum atomic E-state index is -1.51. The van der Waals surface area contributed by atoms with Gasteiger partial charge in [-0.25, -0.2) is 0 Å². The normalized spacial score (nSPS) is 15.8. The van der Waals surface area contributed by atoms with Crippen LogP contribution in [0.4, 0.5) is 0 Å². The first-order valence-electron chi connectivity index (χ1n) is 9.46. The summed E-state index contributed by atoms with van der Waals surface area (Å²) in [4.78, 5) is 59.1. The van der Waals surface area contributed by atoms with Crippen LogP contribution >= 0.6 is 0 Å². The lowest BCUT2D eigenvalue weighted by molar-refractivity contribution is -0.142. The molecule has 30 heavy (non-hydrogen) atoms. The van der Waals surface area contributed by atoms with Crippen LogP contribution in [-0.4, -0.2) is 76.6 Å². The van der Waals surface area contributed by atoms with Gasteiger partial charge in [0.1, 0.15) is 18.1 Å². The number of hydrogen-bond donors (Lipinski definition) is 8. The summed E-state index contributed by atoms with van der Waals surface area (Å²) in [5.74, 6) is -4.89. The lowest BCUT2D eigenvalue weighted by Gasteiger charge is -2.25. The van der Waals surface area contributed by atoms with Crippen molar-refractivity contribution in [2.75, 3.05) is 6.54 Å². The van der Waals surface area contributed by atoms with E-state index in [1.807, 2.05) is 0 Å². The molecule has 0 aromatic heterocycles. The second-order valence-electron chi connectivity index (χ2n) is 6.92. The van der Waals surface area contributed by atoms with E-state index in [1.54, 1.807) is 0 Å². The van der Waals surface area contributed by atoms with Crippen molar-refractivity contribution < 1.29 is 34.2 Å². The number of carbonyl (C=O) groups is 5. The van der Waals surface area contributed by atoms with Crippen molar-refractivity contribution in [3.63, 3.8) is 0 Å². The van der Waals surface area contributed by atoms with Crippen LogP contribution in [-0.2, 0) is 24.0 Å². The summed E-state index contributed by atoms with van der Waals surface area (Å²) in [5, 5.41) is 25.3. The molecule has 13 nitrogen and oxygen atoms in total. The number of carboxylic acid groups (broad SMARTS) is 1. The molecule has 0 aliphatic carbocycles. The van der Waals surface area contributed by atoms with E-state index in [9.17, 15) is 29.1 Å². The van der Waals surface area contributed by atoms with Crippen LogP contribution in [0, 0.1) is 0 Å². The second-order valence-corrected chi connectivity index (χ2v) is 6.92. The average molecular weight is 432 g/mol. The van der Waals surface area contributed by atoms with Crippen molar-refractivity contribution in [2.45, 2.75) is 69.8 Å². The molecule has 172 valence electrons. The van der Waals surface area contributed by atoms with E-state index in [0.29, 0.717) is 25.8 Å². The van der Waals surface area contributed by atoms with Gasteiger partial charge in [-0.05, 0) is 33.2 Å². The number of rotatable bonds is 14. The number of aliphatic hydroxyl groups is 1. The van der Waals surface area contributed by atoms with Crippen LogP contribution < -0.4 is 33.2 Å². The minimum absolute atomic E-state index is 0.316. The number of nitrogens with one attached hydrogen (secondary N) is 3. The average Bonchev–Trinajstić information content (AvgIpc) is 2.64. The number of hydrogen-bond acceptors (Lipinski definition) is 8. The van der Waals surface area contributed by atoms with Crippen molar-refractivity contribution in [3.8, 4) is 0 Å². The summed E-state index contributed by atoms with van der Waals surface area (Å²) in [5.41, 5.74) is 16.2. The van der Waals surface area contributed by atoms with Gasteiger partial charge in [-0.15, -0.1) is 0 Å². The van der Waals surface area contributed by atoms with Crippen LogP contribution in [0.1, 0.15) is 39.5 Å².